The minimum Gasteiger partial charge on any atom is -0.310 e. The van der Waals surface area contributed by atoms with Crippen LogP contribution >= 0.6 is 11.3 Å². The van der Waals surface area contributed by atoms with E-state index >= 15 is 0 Å². The number of thiophene rings is 1. The van der Waals surface area contributed by atoms with Gasteiger partial charge in [-0.2, -0.15) is 0 Å². The summed E-state index contributed by atoms with van der Waals surface area (Å²) in [6.07, 6.45) is 0. The van der Waals surface area contributed by atoms with E-state index in [4.69, 9.17) is 0 Å². The summed E-state index contributed by atoms with van der Waals surface area (Å²) < 4.78 is 5.17. The third-order valence-corrected chi connectivity index (χ3v) is 17.0. The van der Waals surface area contributed by atoms with E-state index in [1.807, 2.05) is 11.3 Å². The van der Waals surface area contributed by atoms with Crippen molar-refractivity contribution in [2.24, 2.45) is 0 Å². The molecule has 76 heavy (non-hydrogen) atoms. The van der Waals surface area contributed by atoms with Gasteiger partial charge in [0.1, 0.15) is 0 Å². The zero-order chi connectivity index (χ0) is 53.1. The lowest BCUT2D eigenvalue weighted by Gasteiger charge is -2.29. The Labute approximate surface area is 453 Å². The topological polar surface area (TPSA) is 11.4 Å². The average molecular weight is 1010 g/mol. The zero-order valence-electron chi connectivity index (χ0n) is 46.3. The number of anilines is 6. The van der Waals surface area contributed by atoms with Crippen LogP contribution < -0.4 is 9.80 Å². The maximum absolute atomic E-state index is 2.61. The van der Waals surface area contributed by atoms with Gasteiger partial charge in [-0.25, -0.2) is 0 Å². The van der Waals surface area contributed by atoms with Crippen LogP contribution in [0.2, 0.25) is 0 Å². The molecule has 4 heteroatoms. The number of aromatic nitrogens is 1. The van der Waals surface area contributed by atoms with Crippen molar-refractivity contribution >= 4 is 109 Å². The number of benzene rings is 10. The molecule has 0 saturated heterocycles. The molecule has 0 atom stereocenters. The molecule has 0 spiro atoms. The normalized spacial score (nSPS) is 12.7. The second kappa shape index (κ2) is 18.0. The number of rotatable bonds is 7. The first kappa shape index (κ1) is 49.2. The molecule has 2 aromatic heterocycles. The Kier molecular flexibility index (Phi) is 11.7. The van der Waals surface area contributed by atoms with E-state index in [1.165, 1.54) is 80.4 Å². The van der Waals surface area contributed by atoms with Gasteiger partial charge in [0.25, 0.3) is 0 Å². The molecular formula is C72H69N3S. The molecule has 0 fully saturated rings. The third-order valence-electron chi connectivity index (χ3n) is 15.8. The van der Waals surface area contributed by atoms with Gasteiger partial charge in [-0.15, -0.1) is 11.3 Å². The van der Waals surface area contributed by atoms with Gasteiger partial charge < -0.3 is 14.4 Å². The molecule has 0 amide bonds. The monoisotopic (exact) mass is 1010 g/mol. The molecule has 0 N–H and O–H groups in total. The highest BCUT2D eigenvalue weighted by molar-refractivity contribution is 7.26. The Hall–Kier alpha value is -7.66. The minimum atomic E-state index is 0.0147. The Balaban J connectivity index is 1.23. The summed E-state index contributed by atoms with van der Waals surface area (Å²) in [6.45, 7) is 27.5. The molecule has 0 aliphatic heterocycles. The van der Waals surface area contributed by atoms with Gasteiger partial charge in [0.05, 0.1) is 32.8 Å². The lowest BCUT2D eigenvalue weighted by molar-refractivity contribution is 0.590. The number of nitrogens with zero attached hydrogens (tertiary/aromatic N) is 3. The van der Waals surface area contributed by atoms with Gasteiger partial charge in [0.2, 0.25) is 0 Å². The molecule has 0 bridgehead atoms. The van der Waals surface area contributed by atoms with Crippen molar-refractivity contribution in [1.82, 2.24) is 4.57 Å². The third kappa shape index (κ3) is 8.43. The van der Waals surface area contributed by atoms with Crippen molar-refractivity contribution in [1.29, 1.82) is 0 Å². The average Bonchev–Trinajstić information content (AvgIpc) is 3.95. The Morgan fingerprint density at radius 3 is 0.987 bits per heavy atom. The summed E-state index contributed by atoms with van der Waals surface area (Å²) in [5.74, 6) is 0. The number of hydrogen-bond donors (Lipinski definition) is 0. The highest BCUT2D eigenvalue weighted by atomic mass is 32.1. The smallest absolute Gasteiger partial charge is 0.0640 e. The van der Waals surface area contributed by atoms with Crippen LogP contribution in [0.3, 0.4) is 0 Å². The number of fused-ring (bicyclic) bond motifs is 10. The standard InChI is InChI=1S/C72H69N3S/c1-69(2,3)46-28-36-50(37-29-46)73(51-38-30-47(31-39-51)70(4,5)6)61-44-63-66(57-23-15-13-20-54(57)61)67-58-24-16-14-21-55(58)62(45-64(67)75(63)60-26-19-25-59-56-22-17-18-27-65(56)76-68(59)60)74(52-40-32-48(33-41-52)71(7,8)9)53-42-34-49(35-43-53)72(10,11)12/h13-45H,1-12H3. The van der Waals surface area contributed by atoms with E-state index in [-0.39, 0.29) is 21.7 Å². The predicted octanol–water partition coefficient (Wildman–Crippen LogP) is 21.6. The summed E-state index contributed by atoms with van der Waals surface area (Å²) in [5.41, 5.74) is 15.5. The molecule has 10 aromatic carbocycles. The molecule has 0 aliphatic rings. The number of hydrogen-bond acceptors (Lipinski definition) is 3. The maximum Gasteiger partial charge on any atom is 0.0640 e. The molecule has 12 aromatic rings. The van der Waals surface area contributed by atoms with Crippen LogP contribution in [0.1, 0.15) is 105 Å². The van der Waals surface area contributed by atoms with E-state index in [0.29, 0.717) is 0 Å². The van der Waals surface area contributed by atoms with Crippen LogP contribution in [-0.2, 0) is 21.7 Å². The van der Waals surface area contributed by atoms with E-state index in [0.717, 1.165) is 45.2 Å². The second-order valence-electron chi connectivity index (χ2n) is 25.1. The summed E-state index contributed by atoms with van der Waals surface area (Å²) >= 11 is 1.89. The van der Waals surface area contributed by atoms with Crippen LogP contribution in [0.5, 0.6) is 0 Å². The van der Waals surface area contributed by atoms with Gasteiger partial charge >= 0.3 is 0 Å². The van der Waals surface area contributed by atoms with Crippen molar-refractivity contribution in [2.75, 3.05) is 9.80 Å². The van der Waals surface area contributed by atoms with Crippen molar-refractivity contribution in [3.63, 3.8) is 0 Å². The molecule has 0 unspecified atom stereocenters. The van der Waals surface area contributed by atoms with E-state index in [9.17, 15) is 0 Å². The van der Waals surface area contributed by atoms with Gasteiger partial charge in [-0.3, -0.25) is 0 Å². The van der Waals surface area contributed by atoms with Crippen LogP contribution in [0.25, 0.3) is 69.2 Å². The van der Waals surface area contributed by atoms with Crippen molar-refractivity contribution in [2.45, 2.75) is 105 Å². The fourth-order valence-corrected chi connectivity index (χ4v) is 12.7. The maximum atomic E-state index is 2.61. The van der Waals surface area contributed by atoms with Gasteiger partial charge in [-0.05, 0) is 127 Å². The molecule has 12 rings (SSSR count). The molecule has 0 aliphatic carbocycles. The largest absolute Gasteiger partial charge is 0.310 e. The molecule has 3 nitrogen and oxygen atoms in total. The van der Waals surface area contributed by atoms with E-state index in [1.54, 1.807) is 0 Å². The van der Waals surface area contributed by atoms with Crippen LogP contribution in [0, 0.1) is 0 Å². The van der Waals surface area contributed by atoms with Crippen molar-refractivity contribution < 1.29 is 0 Å². The lowest BCUT2D eigenvalue weighted by Crippen LogP contribution is -2.14. The van der Waals surface area contributed by atoms with Crippen LogP contribution in [0.15, 0.2) is 200 Å². The first-order valence-corrected chi connectivity index (χ1v) is 27.9. The van der Waals surface area contributed by atoms with E-state index < -0.39 is 0 Å². The first-order valence-electron chi connectivity index (χ1n) is 27.1. The van der Waals surface area contributed by atoms with Crippen LogP contribution in [0.4, 0.5) is 34.1 Å². The molecular weight excluding hydrogens is 939 g/mol. The molecule has 378 valence electrons. The highest BCUT2D eigenvalue weighted by Crippen LogP contribution is 2.52. The summed E-state index contributed by atoms with van der Waals surface area (Å²) in [6, 6.07) is 76.2. The van der Waals surface area contributed by atoms with Crippen molar-refractivity contribution in [3.05, 3.63) is 222 Å². The van der Waals surface area contributed by atoms with Gasteiger partial charge in [0, 0.05) is 59.8 Å². The zero-order valence-corrected chi connectivity index (χ0v) is 47.1. The SMILES string of the molecule is CC(C)(C)c1ccc(N(c2ccc(C(C)(C)C)cc2)c2cc3c(c4ccccc24)c2c4ccccc4c(N(c4ccc(C(C)(C)C)cc4)c4ccc(C(C)(C)C)cc4)cc2n3-c2cccc3c2sc2ccccc23)cc1. The van der Waals surface area contributed by atoms with Gasteiger partial charge in [-0.1, -0.05) is 210 Å². The van der Waals surface area contributed by atoms with Gasteiger partial charge in [0.15, 0.2) is 0 Å². The quantitative estimate of drug-likeness (QED) is 0.158. The molecule has 2 heterocycles. The van der Waals surface area contributed by atoms with E-state index in [2.05, 4.69) is 298 Å². The Bertz CT molecular complexity index is 3830. The molecule has 0 saturated carbocycles. The highest BCUT2D eigenvalue weighted by Gasteiger charge is 2.28. The fraction of sp³-hybridized carbons (Fsp3) is 0.222. The Morgan fingerprint density at radius 2 is 0.632 bits per heavy atom. The molecule has 0 radical (unpaired) electrons. The lowest BCUT2D eigenvalue weighted by atomic mass is 9.86. The summed E-state index contributed by atoms with van der Waals surface area (Å²) in [7, 11) is 0. The van der Waals surface area contributed by atoms with Crippen LogP contribution in [-0.4, -0.2) is 4.57 Å². The fourth-order valence-electron chi connectivity index (χ4n) is 11.5. The minimum absolute atomic E-state index is 0.0147. The second-order valence-corrected chi connectivity index (χ2v) is 26.2. The van der Waals surface area contributed by atoms with Crippen molar-refractivity contribution in [3.8, 4) is 5.69 Å². The summed E-state index contributed by atoms with van der Waals surface area (Å²) in [4.78, 5) is 4.99. The Morgan fingerprint density at radius 1 is 0.316 bits per heavy atom. The summed E-state index contributed by atoms with van der Waals surface area (Å²) in [5, 5.41) is 9.88. The predicted molar refractivity (Wildman–Crippen MR) is 333 cm³/mol. The first-order chi connectivity index (χ1) is 36.2.